The van der Waals surface area contributed by atoms with E-state index < -0.39 is 9.84 Å². The van der Waals surface area contributed by atoms with Gasteiger partial charge in [-0.1, -0.05) is 0 Å². The van der Waals surface area contributed by atoms with Crippen molar-refractivity contribution in [2.45, 2.75) is 31.1 Å². The number of rotatable bonds is 7. The molecule has 0 unspecified atom stereocenters. The van der Waals surface area contributed by atoms with E-state index in [0.29, 0.717) is 19.7 Å². The number of fused-ring (bicyclic) bond motifs is 1. The lowest BCUT2D eigenvalue weighted by molar-refractivity contribution is -0.121. The molecule has 0 spiro atoms. The first-order chi connectivity index (χ1) is 11.8. The fraction of sp³-hybridized carbons (Fsp3) is 0.529. The lowest BCUT2D eigenvalue weighted by Crippen LogP contribution is -2.33. The highest BCUT2D eigenvalue weighted by atomic mass is 32.2. The smallest absolute Gasteiger partial charge is 0.223 e. The molecule has 0 saturated carbocycles. The van der Waals surface area contributed by atoms with Crippen LogP contribution in [0.25, 0.3) is 0 Å². The second-order valence-electron chi connectivity index (χ2n) is 5.98. The zero-order valence-electron chi connectivity index (χ0n) is 14.6. The number of carbonyl (C=O) groups is 2. The molecule has 1 heterocycles. The summed E-state index contributed by atoms with van der Waals surface area (Å²) in [6, 6.07) is 4.82. The van der Waals surface area contributed by atoms with Gasteiger partial charge in [-0.05, 0) is 36.6 Å². The predicted molar refractivity (Wildman–Crippen MR) is 94.3 cm³/mol. The van der Waals surface area contributed by atoms with Crippen LogP contribution in [0.4, 0.5) is 5.69 Å². The first kappa shape index (κ1) is 19.4. The minimum atomic E-state index is -3.55. The van der Waals surface area contributed by atoms with Gasteiger partial charge in [0.25, 0.3) is 0 Å². The molecule has 8 heteroatoms. The van der Waals surface area contributed by atoms with Crippen LogP contribution in [-0.2, 0) is 30.6 Å². The van der Waals surface area contributed by atoms with Crippen LogP contribution in [0.1, 0.15) is 25.3 Å². The van der Waals surface area contributed by atoms with Crippen LogP contribution in [-0.4, -0.2) is 52.8 Å². The molecule has 0 aliphatic carbocycles. The summed E-state index contributed by atoms with van der Waals surface area (Å²) >= 11 is 0. The number of anilines is 1. The van der Waals surface area contributed by atoms with Gasteiger partial charge in [0.15, 0.2) is 9.84 Å². The maximum absolute atomic E-state index is 12.5. The zero-order chi connectivity index (χ0) is 18.4. The van der Waals surface area contributed by atoms with Gasteiger partial charge in [0.05, 0.1) is 17.3 Å². The number of carbonyl (C=O) groups excluding carboxylic acids is 2. The van der Waals surface area contributed by atoms with Gasteiger partial charge in [0.2, 0.25) is 11.8 Å². The molecule has 1 aliphatic rings. The van der Waals surface area contributed by atoms with Crippen LogP contribution >= 0.6 is 0 Å². The van der Waals surface area contributed by atoms with E-state index >= 15 is 0 Å². The molecule has 2 amide bonds. The molecule has 1 aliphatic heterocycles. The molecular formula is C17H24N2O5S. The monoisotopic (exact) mass is 368 g/mol. The quantitative estimate of drug-likeness (QED) is 0.722. The van der Waals surface area contributed by atoms with Gasteiger partial charge in [-0.15, -0.1) is 0 Å². The van der Waals surface area contributed by atoms with E-state index in [4.69, 9.17) is 4.74 Å². The molecule has 0 saturated heterocycles. The molecule has 1 N–H and O–H groups in total. The highest BCUT2D eigenvalue weighted by Gasteiger charge is 2.23. The third-order valence-corrected chi connectivity index (χ3v) is 5.85. The number of nitrogens with one attached hydrogen (secondary N) is 1. The molecule has 0 fully saturated rings. The third kappa shape index (κ3) is 5.02. The summed E-state index contributed by atoms with van der Waals surface area (Å²) in [6.07, 6.45) is 1.45. The van der Waals surface area contributed by atoms with Crippen molar-refractivity contribution in [1.82, 2.24) is 5.32 Å². The molecule has 25 heavy (non-hydrogen) atoms. The van der Waals surface area contributed by atoms with Gasteiger partial charge < -0.3 is 15.0 Å². The van der Waals surface area contributed by atoms with Crippen molar-refractivity contribution in [3.63, 3.8) is 0 Å². The molecule has 0 aromatic heterocycles. The zero-order valence-corrected chi connectivity index (χ0v) is 15.4. The summed E-state index contributed by atoms with van der Waals surface area (Å²) in [5.41, 5.74) is 1.63. The Morgan fingerprint density at radius 2 is 2.08 bits per heavy atom. The van der Waals surface area contributed by atoms with E-state index in [9.17, 15) is 18.0 Å². The summed E-state index contributed by atoms with van der Waals surface area (Å²) in [6.45, 7) is 2.89. The molecule has 0 atom stereocenters. The maximum Gasteiger partial charge on any atom is 0.223 e. The van der Waals surface area contributed by atoms with Crippen molar-refractivity contribution < 1.29 is 22.7 Å². The largest absolute Gasteiger partial charge is 0.383 e. The van der Waals surface area contributed by atoms with E-state index in [1.807, 2.05) is 0 Å². The highest BCUT2D eigenvalue weighted by molar-refractivity contribution is 7.91. The number of hydrogen-bond donors (Lipinski definition) is 1. The Kier molecular flexibility index (Phi) is 6.55. The lowest BCUT2D eigenvalue weighted by atomic mass is 10.0. The van der Waals surface area contributed by atoms with Gasteiger partial charge in [-0.3, -0.25) is 9.59 Å². The first-order valence-corrected chi connectivity index (χ1v) is 9.90. The SMILES string of the molecule is COCCNC(=O)CCS(=O)(=O)c1ccc2c(c1)CCCN2C(C)=O. The Hall–Kier alpha value is -1.93. The van der Waals surface area contributed by atoms with Gasteiger partial charge in [-0.2, -0.15) is 0 Å². The van der Waals surface area contributed by atoms with Crippen LogP contribution in [0, 0.1) is 0 Å². The predicted octanol–water partition coefficient (Wildman–Crippen LogP) is 0.912. The average Bonchev–Trinajstić information content (AvgIpc) is 2.59. The Morgan fingerprint density at radius 1 is 1.32 bits per heavy atom. The maximum atomic E-state index is 12.5. The van der Waals surface area contributed by atoms with E-state index in [0.717, 1.165) is 24.1 Å². The van der Waals surface area contributed by atoms with E-state index in [-0.39, 0.29) is 28.9 Å². The normalized spacial score (nSPS) is 14.1. The average molecular weight is 368 g/mol. The molecule has 1 aromatic rings. The molecule has 0 radical (unpaired) electrons. The van der Waals surface area contributed by atoms with Crippen molar-refractivity contribution in [2.75, 3.05) is 37.5 Å². The third-order valence-electron chi connectivity index (χ3n) is 4.14. The second-order valence-corrected chi connectivity index (χ2v) is 8.09. The topological polar surface area (TPSA) is 92.8 Å². The number of ether oxygens (including phenoxy) is 1. The van der Waals surface area contributed by atoms with Crippen molar-refractivity contribution in [1.29, 1.82) is 0 Å². The molecule has 138 valence electrons. The summed E-state index contributed by atoms with van der Waals surface area (Å²) in [4.78, 5) is 25.2. The minimum Gasteiger partial charge on any atom is -0.383 e. The Morgan fingerprint density at radius 3 is 2.76 bits per heavy atom. The van der Waals surface area contributed by atoms with Crippen molar-refractivity contribution in [3.8, 4) is 0 Å². The van der Waals surface area contributed by atoms with Crippen LogP contribution in [0.3, 0.4) is 0 Å². The number of benzene rings is 1. The molecule has 2 rings (SSSR count). The number of amides is 2. The van der Waals surface area contributed by atoms with Crippen molar-refractivity contribution in [2.24, 2.45) is 0 Å². The standard InChI is InChI=1S/C17H24N2O5S/c1-13(20)19-9-3-4-14-12-15(5-6-16(14)19)25(22,23)11-7-17(21)18-8-10-24-2/h5-6,12H,3-4,7-11H2,1-2H3,(H,18,21). The minimum absolute atomic E-state index is 0.0516. The molecule has 7 nitrogen and oxygen atoms in total. The summed E-state index contributed by atoms with van der Waals surface area (Å²) in [5, 5.41) is 2.60. The first-order valence-electron chi connectivity index (χ1n) is 8.24. The molecular weight excluding hydrogens is 344 g/mol. The Bertz CT molecular complexity index is 745. The van der Waals surface area contributed by atoms with E-state index in [1.165, 1.54) is 20.1 Å². The number of aryl methyl sites for hydroxylation is 1. The molecule has 1 aromatic carbocycles. The number of sulfone groups is 1. The van der Waals surface area contributed by atoms with Gasteiger partial charge in [0.1, 0.15) is 0 Å². The Labute approximate surface area is 148 Å². The van der Waals surface area contributed by atoms with Gasteiger partial charge >= 0.3 is 0 Å². The van der Waals surface area contributed by atoms with Crippen molar-refractivity contribution >= 4 is 27.3 Å². The molecule has 0 bridgehead atoms. The Balaban J connectivity index is 2.07. The van der Waals surface area contributed by atoms with Gasteiger partial charge in [-0.25, -0.2) is 8.42 Å². The van der Waals surface area contributed by atoms with Crippen LogP contribution in [0.5, 0.6) is 0 Å². The number of nitrogens with zero attached hydrogens (tertiary/aromatic N) is 1. The van der Waals surface area contributed by atoms with Crippen LogP contribution in [0.15, 0.2) is 23.1 Å². The number of hydrogen-bond acceptors (Lipinski definition) is 5. The fourth-order valence-corrected chi connectivity index (χ4v) is 4.11. The van der Waals surface area contributed by atoms with Crippen LogP contribution < -0.4 is 10.2 Å². The second kappa shape index (κ2) is 8.44. The lowest BCUT2D eigenvalue weighted by Gasteiger charge is -2.28. The van der Waals surface area contributed by atoms with Crippen LogP contribution in [0.2, 0.25) is 0 Å². The van der Waals surface area contributed by atoms with Crippen molar-refractivity contribution in [3.05, 3.63) is 23.8 Å². The van der Waals surface area contributed by atoms with E-state index in [2.05, 4.69) is 5.32 Å². The van der Waals surface area contributed by atoms with E-state index in [1.54, 1.807) is 17.0 Å². The summed E-state index contributed by atoms with van der Waals surface area (Å²) < 4.78 is 29.8. The number of methoxy groups -OCH3 is 1. The van der Waals surface area contributed by atoms with Gasteiger partial charge in [0, 0.05) is 39.2 Å². The fourth-order valence-electron chi connectivity index (χ4n) is 2.82. The highest BCUT2D eigenvalue weighted by Crippen LogP contribution is 2.29. The summed E-state index contributed by atoms with van der Waals surface area (Å²) in [7, 11) is -2.02. The summed E-state index contributed by atoms with van der Waals surface area (Å²) in [5.74, 6) is -0.619.